The van der Waals surface area contributed by atoms with E-state index in [0.29, 0.717) is 25.0 Å². The number of methoxy groups -OCH3 is 1. The molecule has 1 saturated heterocycles. The molecule has 140 valence electrons. The van der Waals surface area contributed by atoms with Crippen LogP contribution in [0, 0.1) is 5.92 Å². The Balaban J connectivity index is 2.02. The predicted molar refractivity (Wildman–Crippen MR) is 98.8 cm³/mol. The number of nitrogens with zero attached hydrogens (tertiary/aromatic N) is 2. The molecule has 0 bridgehead atoms. The summed E-state index contributed by atoms with van der Waals surface area (Å²) >= 11 is 0. The van der Waals surface area contributed by atoms with Crippen LogP contribution in [0.1, 0.15) is 25.3 Å². The Morgan fingerprint density at radius 2 is 2.28 bits per heavy atom. The van der Waals surface area contributed by atoms with Crippen molar-refractivity contribution in [3.63, 3.8) is 0 Å². The molecule has 8 heteroatoms. The van der Waals surface area contributed by atoms with Crippen LogP contribution in [0.25, 0.3) is 0 Å². The fraction of sp³-hybridized carbons (Fsp3) is 0.588. The molecule has 0 saturated carbocycles. The van der Waals surface area contributed by atoms with Crippen LogP contribution in [0.3, 0.4) is 0 Å². The van der Waals surface area contributed by atoms with Gasteiger partial charge in [-0.2, -0.15) is 0 Å². The standard InChI is InChI=1S/C17H28N4O3S/c1-14-5-4-9-21(13-14)17(18)19-12-15-6-3-7-16(11-15)25(22,23)20-8-10-24-2/h3,6-7,11,14,20H,4-5,8-10,12-13H2,1-2H3,(H2,18,19). The molecule has 1 aromatic carbocycles. The first kappa shape index (κ1) is 19.7. The molecule has 1 aliphatic rings. The number of likely N-dealkylation sites (tertiary alicyclic amines) is 1. The van der Waals surface area contributed by atoms with Crippen LogP contribution in [0.5, 0.6) is 0 Å². The van der Waals surface area contributed by atoms with Crippen LogP contribution < -0.4 is 10.5 Å². The van der Waals surface area contributed by atoms with Crippen molar-refractivity contribution in [2.45, 2.75) is 31.2 Å². The number of rotatable bonds is 7. The average molecular weight is 369 g/mol. The fourth-order valence-corrected chi connectivity index (χ4v) is 3.93. The maximum atomic E-state index is 12.2. The summed E-state index contributed by atoms with van der Waals surface area (Å²) < 4.78 is 31.9. The topological polar surface area (TPSA) is 97.0 Å². The van der Waals surface area contributed by atoms with E-state index in [9.17, 15) is 8.42 Å². The summed E-state index contributed by atoms with van der Waals surface area (Å²) in [5.41, 5.74) is 6.90. The van der Waals surface area contributed by atoms with Gasteiger partial charge in [-0.05, 0) is 36.5 Å². The summed E-state index contributed by atoms with van der Waals surface area (Å²) in [4.78, 5) is 6.76. The van der Waals surface area contributed by atoms with Crippen molar-refractivity contribution >= 4 is 16.0 Å². The van der Waals surface area contributed by atoms with Crippen molar-refractivity contribution in [1.29, 1.82) is 0 Å². The lowest BCUT2D eigenvalue weighted by Gasteiger charge is -2.31. The second-order valence-electron chi connectivity index (χ2n) is 6.41. The lowest BCUT2D eigenvalue weighted by Crippen LogP contribution is -2.43. The van der Waals surface area contributed by atoms with Crippen LogP contribution in [0.4, 0.5) is 0 Å². The molecular formula is C17H28N4O3S. The van der Waals surface area contributed by atoms with Gasteiger partial charge in [0.15, 0.2) is 5.96 Å². The van der Waals surface area contributed by atoms with E-state index in [1.807, 2.05) is 6.07 Å². The quantitative estimate of drug-likeness (QED) is 0.428. The maximum Gasteiger partial charge on any atom is 0.240 e. The van der Waals surface area contributed by atoms with Gasteiger partial charge in [0.1, 0.15) is 0 Å². The Hall–Kier alpha value is -1.64. The number of sulfonamides is 1. The number of nitrogens with two attached hydrogens (primary N) is 1. The third kappa shape index (κ3) is 5.98. The number of piperidine rings is 1. The zero-order valence-electron chi connectivity index (χ0n) is 14.9. The number of nitrogens with one attached hydrogen (secondary N) is 1. The van der Waals surface area contributed by atoms with Crippen molar-refractivity contribution in [2.24, 2.45) is 16.6 Å². The minimum atomic E-state index is -3.54. The Morgan fingerprint density at radius 3 is 3.00 bits per heavy atom. The average Bonchev–Trinajstić information content (AvgIpc) is 2.60. The molecule has 2 rings (SSSR count). The van der Waals surface area contributed by atoms with Gasteiger partial charge in [-0.3, -0.25) is 0 Å². The minimum Gasteiger partial charge on any atom is -0.383 e. The molecule has 1 unspecified atom stereocenters. The van der Waals surface area contributed by atoms with E-state index in [-0.39, 0.29) is 11.4 Å². The monoisotopic (exact) mass is 368 g/mol. The van der Waals surface area contributed by atoms with Crippen molar-refractivity contribution in [1.82, 2.24) is 9.62 Å². The molecular weight excluding hydrogens is 340 g/mol. The summed E-state index contributed by atoms with van der Waals surface area (Å²) in [5.74, 6) is 1.15. The minimum absolute atomic E-state index is 0.224. The van der Waals surface area contributed by atoms with E-state index in [1.165, 1.54) is 13.5 Å². The molecule has 1 fully saturated rings. The zero-order valence-corrected chi connectivity index (χ0v) is 15.8. The van der Waals surface area contributed by atoms with Crippen molar-refractivity contribution in [2.75, 3.05) is 33.4 Å². The van der Waals surface area contributed by atoms with Gasteiger partial charge in [0, 0.05) is 26.7 Å². The summed E-state index contributed by atoms with van der Waals surface area (Å²) in [7, 11) is -2.01. The van der Waals surface area contributed by atoms with Crippen LogP contribution in [-0.4, -0.2) is 52.6 Å². The number of aliphatic imine (C=N–C) groups is 1. The van der Waals surface area contributed by atoms with Crippen LogP contribution >= 0.6 is 0 Å². The van der Waals surface area contributed by atoms with Gasteiger partial charge in [0.05, 0.1) is 18.0 Å². The van der Waals surface area contributed by atoms with Crippen molar-refractivity contribution in [3.8, 4) is 0 Å². The first-order chi connectivity index (χ1) is 11.9. The van der Waals surface area contributed by atoms with Crippen molar-refractivity contribution < 1.29 is 13.2 Å². The van der Waals surface area contributed by atoms with Crippen LogP contribution in [0.15, 0.2) is 34.2 Å². The van der Waals surface area contributed by atoms with Gasteiger partial charge in [-0.1, -0.05) is 19.1 Å². The first-order valence-electron chi connectivity index (χ1n) is 8.55. The maximum absolute atomic E-state index is 12.2. The number of hydrogen-bond donors (Lipinski definition) is 2. The van der Waals surface area contributed by atoms with Gasteiger partial charge in [-0.15, -0.1) is 0 Å². The largest absolute Gasteiger partial charge is 0.383 e. The first-order valence-corrected chi connectivity index (χ1v) is 10.0. The molecule has 0 aromatic heterocycles. The summed E-state index contributed by atoms with van der Waals surface area (Å²) in [6.45, 7) is 4.99. The molecule has 7 nitrogen and oxygen atoms in total. The molecule has 1 aromatic rings. The van der Waals surface area contributed by atoms with E-state index in [1.54, 1.807) is 18.2 Å². The van der Waals surface area contributed by atoms with E-state index in [2.05, 4.69) is 21.5 Å². The highest BCUT2D eigenvalue weighted by molar-refractivity contribution is 7.89. The Kier molecular flexibility index (Phi) is 7.22. The lowest BCUT2D eigenvalue weighted by atomic mass is 10.0. The Morgan fingerprint density at radius 1 is 1.48 bits per heavy atom. The van der Waals surface area contributed by atoms with Gasteiger partial charge in [-0.25, -0.2) is 18.1 Å². The Bertz CT molecular complexity index is 691. The highest BCUT2D eigenvalue weighted by Gasteiger charge is 2.18. The fourth-order valence-electron chi connectivity index (χ4n) is 2.84. The molecule has 0 amide bonds. The molecule has 0 radical (unpaired) electrons. The lowest BCUT2D eigenvalue weighted by molar-refractivity contribution is 0.204. The third-order valence-corrected chi connectivity index (χ3v) is 5.67. The number of hydrogen-bond acceptors (Lipinski definition) is 4. The van der Waals surface area contributed by atoms with E-state index >= 15 is 0 Å². The number of benzene rings is 1. The highest BCUT2D eigenvalue weighted by atomic mass is 32.2. The molecule has 0 spiro atoms. The predicted octanol–water partition coefficient (Wildman–Crippen LogP) is 1.16. The Labute approximate surface area is 150 Å². The van der Waals surface area contributed by atoms with Gasteiger partial charge in [0.2, 0.25) is 10.0 Å². The normalized spacial score (nSPS) is 19.2. The second-order valence-corrected chi connectivity index (χ2v) is 8.17. The summed E-state index contributed by atoms with van der Waals surface area (Å²) in [5, 5.41) is 0. The SMILES string of the molecule is COCCNS(=O)(=O)c1cccc(CN=C(N)N2CCCC(C)C2)c1. The zero-order chi connectivity index (χ0) is 18.3. The second kappa shape index (κ2) is 9.17. The van der Waals surface area contributed by atoms with E-state index in [0.717, 1.165) is 25.1 Å². The number of guanidine groups is 1. The van der Waals surface area contributed by atoms with Crippen LogP contribution in [-0.2, 0) is 21.3 Å². The van der Waals surface area contributed by atoms with Crippen molar-refractivity contribution in [3.05, 3.63) is 29.8 Å². The van der Waals surface area contributed by atoms with E-state index in [4.69, 9.17) is 10.5 Å². The third-order valence-electron chi connectivity index (χ3n) is 4.21. The van der Waals surface area contributed by atoms with Gasteiger partial charge in [0.25, 0.3) is 0 Å². The van der Waals surface area contributed by atoms with Crippen LogP contribution in [0.2, 0.25) is 0 Å². The van der Waals surface area contributed by atoms with E-state index < -0.39 is 10.0 Å². The summed E-state index contributed by atoms with van der Waals surface area (Å²) in [6, 6.07) is 6.77. The molecule has 3 N–H and O–H groups in total. The highest BCUT2D eigenvalue weighted by Crippen LogP contribution is 2.16. The summed E-state index contributed by atoms with van der Waals surface area (Å²) in [6.07, 6.45) is 2.35. The smallest absolute Gasteiger partial charge is 0.240 e. The van der Waals surface area contributed by atoms with Gasteiger partial charge < -0.3 is 15.4 Å². The molecule has 25 heavy (non-hydrogen) atoms. The number of ether oxygens (including phenoxy) is 1. The molecule has 0 aliphatic carbocycles. The molecule has 1 atom stereocenters. The molecule has 1 aliphatic heterocycles. The molecule has 1 heterocycles. The van der Waals surface area contributed by atoms with Gasteiger partial charge >= 0.3 is 0 Å².